The Bertz CT molecular complexity index is 413. The average molecular weight is 323 g/mol. The summed E-state index contributed by atoms with van der Waals surface area (Å²) in [6.07, 6.45) is 4.97. The van der Waals surface area contributed by atoms with Gasteiger partial charge in [-0.1, -0.05) is 12.8 Å². The van der Waals surface area contributed by atoms with Crippen LogP contribution in [-0.4, -0.2) is 50.8 Å². The Morgan fingerprint density at radius 2 is 1.82 bits per heavy atom. The number of aliphatic carboxylic acids is 1. The summed E-state index contributed by atoms with van der Waals surface area (Å²) in [7, 11) is 0. The Hall–Kier alpha value is -0.313. The van der Waals surface area contributed by atoms with Gasteiger partial charge in [0.2, 0.25) is 0 Å². The van der Waals surface area contributed by atoms with E-state index in [4.69, 9.17) is 4.74 Å². The number of thioether (sulfide) groups is 1. The van der Waals surface area contributed by atoms with Crippen LogP contribution < -0.4 is 18.9 Å². The van der Waals surface area contributed by atoms with Crippen molar-refractivity contribution in [2.75, 3.05) is 6.54 Å². The van der Waals surface area contributed by atoms with Gasteiger partial charge in [-0.3, -0.25) is 4.90 Å². The van der Waals surface area contributed by atoms with Gasteiger partial charge in [-0.2, -0.15) is 11.8 Å². The molecule has 1 N–H and O–H groups in total. The first-order chi connectivity index (χ1) is 9.76. The Balaban J connectivity index is 0.00000242. The number of amides is 1. The van der Waals surface area contributed by atoms with Crippen LogP contribution in [0, 0.1) is 0 Å². The van der Waals surface area contributed by atoms with Crippen molar-refractivity contribution in [3.8, 4) is 0 Å². The summed E-state index contributed by atoms with van der Waals surface area (Å²) in [5.74, 6) is -0.935. The van der Waals surface area contributed by atoms with E-state index in [1.54, 1.807) is 20.8 Å². The van der Waals surface area contributed by atoms with Gasteiger partial charge in [0.15, 0.2) is 0 Å². The molecule has 1 aliphatic heterocycles. The van der Waals surface area contributed by atoms with E-state index in [0.717, 1.165) is 0 Å². The van der Waals surface area contributed by atoms with Crippen LogP contribution in [-0.2, 0) is 9.53 Å². The third kappa shape index (κ3) is 5.40. The summed E-state index contributed by atoms with van der Waals surface area (Å²) in [6, 6.07) is -0.751. The number of carboxylic acids is 1. The minimum absolute atomic E-state index is 0. The quantitative estimate of drug-likeness (QED) is 0.754. The van der Waals surface area contributed by atoms with Gasteiger partial charge >= 0.3 is 30.9 Å². The van der Waals surface area contributed by atoms with Crippen molar-refractivity contribution >= 4 is 23.8 Å². The van der Waals surface area contributed by atoms with Crippen LogP contribution in [0.15, 0.2) is 0 Å². The molecule has 0 aromatic carbocycles. The SMILES string of the molecule is CC(C)(C)OC(=O)N1C[C@H](SC2CCCC2)C[C@H]1C(=O)O.[H-].[Li+]. The second-order valence-corrected chi connectivity index (χ2v) is 8.49. The third-order valence-electron chi connectivity index (χ3n) is 3.86. The summed E-state index contributed by atoms with van der Waals surface area (Å²) < 4.78 is 5.33. The molecule has 22 heavy (non-hydrogen) atoms. The summed E-state index contributed by atoms with van der Waals surface area (Å²) in [5.41, 5.74) is -0.600. The van der Waals surface area contributed by atoms with Gasteiger partial charge in [-0.15, -0.1) is 0 Å². The van der Waals surface area contributed by atoms with Gasteiger partial charge in [0, 0.05) is 17.0 Å². The minimum atomic E-state index is -0.935. The standard InChI is InChI=1S/C15H25NO4S.Li.H/c1-15(2,3)20-14(19)16-9-11(8-12(16)13(17)18)21-10-6-4-5-7-10;;/h10-12H,4-9H2,1-3H3,(H,17,18);;/q;+1;-1/t11-,12+;;/m1../s1. The fourth-order valence-corrected chi connectivity index (χ4v) is 4.64. The van der Waals surface area contributed by atoms with Crippen molar-refractivity contribution in [1.29, 1.82) is 0 Å². The van der Waals surface area contributed by atoms with Gasteiger partial charge in [0.05, 0.1) is 0 Å². The molecule has 0 aromatic rings. The summed E-state index contributed by atoms with van der Waals surface area (Å²) >= 11 is 1.86. The Morgan fingerprint density at radius 3 is 2.32 bits per heavy atom. The van der Waals surface area contributed by atoms with Gasteiger partial charge in [0.1, 0.15) is 11.6 Å². The van der Waals surface area contributed by atoms with Crippen molar-refractivity contribution < 1.29 is 39.7 Å². The first-order valence-electron chi connectivity index (χ1n) is 7.64. The summed E-state index contributed by atoms with van der Waals surface area (Å²) in [5, 5.41) is 10.2. The molecular weight excluding hydrogens is 297 g/mol. The molecule has 0 unspecified atom stereocenters. The monoisotopic (exact) mass is 323 g/mol. The van der Waals surface area contributed by atoms with E-state index < -0.39 is 23.7 Å². The smallest absolute Gasteiger partial charge is 1.00 e. The molecule has 2 atom stereocenters. The molecule has 2 rings (SSSR count). The van der Waals surface area contributed by atoms with E-state index in [2.05, 4.69) is 0 Å². The normalized spacial score (nSPS) is 25.9. The molecule has 7 heteroatoms. The number of ether oxygens (including phenoxy) is 1. The zero-order chi connectivity index (χ0) is 15.6. The summed E-state index contributed by atoms with van der Waals surface area (Å²) in [4.78, 5) is 25.0. The van der Waals surface area contributed by atoms with Crippen LogP contribution in [0.2, 0.25) is 0 Å². The molecule has 2 fully saturated rings. The zero-order valence-corrected chi connectivity index (χ0v) is 14.8. The van der Waals surface area contributed by atoms with Gasteiger partial charge in [0.25, 0.3) is 0 Å². The van der Waals surface area contributed by atoms with Crippen LogP contribution in [0.5, 0.6) is 0 Å². The molecule has 5 nitrogen and oxygen atoms in total. The first-order valence-corrected chi connectivity index (χ1v) is 8.58. The van der Waals surface area contributed by atoms with Crippen molar-refractivity contribution in [3.63, 3.8) is 0 Å². The number of hydrogen-bond donors (Lipinski definition) is 1. The molecule has 0 radical (unpaired) electrons. The van der Waals surface area contributed by atoms with Gasteiger partial charge in [-0.25, -0.2) is 9.59 Å². The van der Waals surface area contributed by atoms with Gasteiger partial charge in [-0.05, 0) is 40.0 Å². The van der Waals surface area contributed by atoms with Crippen molar-refractivity contribution in [2.45, 2.75) is 75.0 Å². The van der Waals surface area contributed by atoms with E-state index in [-0.39, 0.29) is 25.5 Å². The van der Waals surface area contributed by atoms with Crippen molar-refractivity contribution in [1.82, 2.24) is 4.90 Å². The Kier molecular flexibility index (Phi) is 7.16. The summed E-state index contributed by atoms with van der Waals surface area (Å²) in [6.45, 7) is 5.86. The van der Waals surface area contributed by atoms with Gasteiger partial charge < -0.3 is 11.3 Å². The van der Waals surface area contributed by atoms with Crippen molar-refractivity contribution in [3.05, 3.63) is 0 Å². The number of carbonyl (C=O) groups is 2. The number of rotatable bonds is 3. The fourth-order valence-electron chi connectivity index (χ4n) is 2.95. The van der Waals surface area contributed by atoms with Crippen LogP contribution in [0.4, 0.5) is 4.79 Å². The van der Waals surface area contributed by atoms with Crippen molar-refractivity contribution in [2.24, 2.45) is 0 Å². The largest absolute Gasteiger partial charge is 1.00 e. The number of hydrogen-bond acceptors (Lipinski definition) is 4. The van der Waals surface area contributed by atoms with E-state index in [1.165, 1.54) is 30.6 Å². The predicted octanol–water partition coefficient (Wildman–Crippen LogP) is 0.241. The maximum Gasteiger partial charge on any atom is 1.00 e. The first kappa shape index (κ1) is 19.7. The molecule has 1 saturated carbocycles. The van der Waals surface area contributed by atoms with E-state index in [1.807, 2.05) is 11.8 Å². The van der Waals surface area contributed by atoms with E-state index in [0.29, 0.717) is 18.2 Å². The average Bonchev–Trinajstić information content (AvgIpc) is 2.96. The molecule has 1 saturated heterocycles. The molecular formula is C15H26LiNO4S. The van der Waals surface area contributed by atoms with Crippen LogP contribution >= 0.6 is 11.8 Å². The maximum absolute atomic E-state index is 12.2. The molecule has 0 bridgehead atoms. The van der Waals surface area contributed by atoms with Crippen LogP contribution in [0.25, 0.3) is 0 Å². The molecule has 0 aromatic heterocycles. The van der Waals surface area contributed by atoms with E-state index in [9.17, 15) is 14.7 Å². The molecule has 1 amide bonds. The maximum atomic E-state index is 12.2. The second-order valence-electron chi connectivity index (χ2n) is 6.89. The third-order valence-corrected chi connectivity index (χ3v) is 5.45. The topological polar surface area (TPSA) is 66.8 Å². The molecule has 1 heterocycles. The molecule has 2 aliphatic rings. The number of nitrogens with zero attached hydrogens (tertiary/aromatic N) is 1. The molecule has 122 valence electrons. The molecule has 0 spiro atoms. The Morgan fingerprint density at radius 1 is 1.23 bits per heavy atom. The van der Waals surface area contributed by atoms with Crippen LogP contribution in [0.1, 0.15) is 54.3 Å². The zero-order valence-electron chi connectivity index (χ0n) is 15.0. The number of carboxylic acid groups (broad SMARTS) is 1. The fraction of sp³-hybridized carbons (Fsp3) is 0.867. The number of carbonyl (C=O) groups excluding carboxylic acids is 1. The number of likely N-dealkylation sites (tertiary alicyclic amines) is 1. The second kappa shape index (κ2) is 7.99. The Labute approximate surface area is 150 Å². The molecule has 1 aliphatic carbocycles. The minimum Gasteiger partial charge on any atom is -1.00 e. The van der Waals surface area contributed by atoms with E-state index >= 15 is 0 Å². The van der Waals surface area contributed by atoms with Crippen LogP contribution in [0.3, 0.4) is 0 Å². The predicted molar refractivity (Wildman–Crippen MR) is 83.7 cm³/mol.